The lowest BCUT2D eigenvalue weighted by atomic mass is 9.96. The van der Waals surface area contributed by atoms with E-state index in [2.05, 4.69) is 61.1 Å². The highest BCUT2D eigenvalue weighted by molar-refractivity contribution is 7.09. The van der Waals surface area contributed by atoms with Gasteiger partial charge in [-0.1, -0.05) is 40.7 Å². The van der Waals surface area contributed by atoms with Gasteiger partial charge >= 0.3 is 5.97 Å². The molecule has 0 saturated carbocycles. The van der Waals surface area contributed by atoms with Crippen molar-refractivity contribution in [2.75, 3.05) is 16.8 Å². The molecule has 29 heavy (non-hydrogen) atoms. The Bertz CT molecular complexity index is 757. The van der Waals surface area contributed by atoms with Crippen molar-refractivity contribution in [3.05, 3.63) is 40.3 Å². The zero-order chi connectivity index (χ0) is 21.4. The van der Waals surface area contributed by atoms with Gasteiger partial charge in [-0.3, -0.25) is 4.79 Å². The van der Waals surface area contributed by atoms with E-state index in [0.29, 0.717) is 18.5 Å². The summed E-state index contributed by atoms with van der Waals surface area (Å²) in [6.45, 7) is 12.6. The van der Waals surface area contributed by atoms with Gasteiger partial charge < -0.3 is 15.3 Å². The quantitative estimate of drug-likeness (QED) is 0.444. The first-order valence-electron chi connectivity index (χ1n) is 10.6. The number of nitrogens with zero attached hydrogens (tertiary/aromatic N) is 2. The van der Waals surface area contributed by atoms with E-state index in [9.17, 15) is 9.90 Å². The average molecular weight is 418 g/mol. The maximum atomic E-state index is 11.2. The highest BCUT2D eigenvalue weighted by atomic mass is 32.1. The summed E-state index contributed by atoms with van der Waals surface area (Å²) in [5.41, 5.74) is 3.30. The predicted octanol–water partition coefficient (Wildman–Crippen LogP) is 5.98. The summed E-state index contributed by atoms with van der Waals surface area (Å²) in [6.07, 6.45) is 4.13. The standard InChI is InChI=1S/C23H35N3O2S/c1-6-19(7-2)26(15-16(3)4)21-9-8-18(17(5)12-23(27)28)13-20(21)25-14-22-24-10-11-29-22/h8-11,13,16-17,19,25H,6-7,12,14-15H2,1-5H3,(H,27,28). The van der Waals surface area contributed by atoms with Gasteiger partial charge in [0.15, 0.2) is 0 Å². The number of nitrogens with one attached hydrogen (secondary N) is 1. The molecule has 0 aliphatic heterocycles. The smallest absolute Gasteiger partial charge is 0.303 e. The van der Waals surface area contributed by atoms with Crippen LogP contribution in [0.4, 0.5) is 11.4 Å². The molecule has 1 heterocycles. The molecular weight excluding hydrogens is 382 g/mol. The third-order valence-corrected chi connectivity index (χ3v) is 6.02. The molecule has 2 N–H and O–H groups in total. The molecule has 2 rings (SSSR count). The number of benzene rings is 1. The van der Waals surface area contributed by atoms with Gasteiger partial charge in [0.05, 0.1) is 24.3 Å². The Kier molecular flexibility index (Phi) is 8.96. The van der Waals surface area contributed by atoms with E-state index in [0.717, 1.165) is 35.6 Å². The number of rotatable bonds is 12. The van der Waals surface area contributed by atoms with Crippen molar-refractivity contribution >= 4 is 28.7 Å². The second kappa shape index (κ2) is 11.2. The van der Waals surface area contributed by atoms with E-state index in [1.165, 1.54) is 5.69 Å². The van der Waals surface area contributed by atoms with Crippen molar-refractivity contribution in [2.45, 2.75) is 72.4 Å². The fourth-order valence-corrected chi connectivity index (χ4v) is 4.27. The van der Waals surface area contributed by atoms with Crippen LogP contribution >= 0.6 is 11.3 Å². The highest BCUT2D eigenvalue weighted by Crippen LogP contribution is 2.34. The SMILES string of the molecule is CCC(CC)N(CC(C)C)c1ccc(C(C)CC(=O)O)cc1NCc1nccs1. The van der Waals surface area contributed by atoms with Crippen LogP contribution in [0.25, 0.3) is 0 Å². The Hall–Kier alpha value is -2.08. The first-order valence-corrected chi connectivity index (χ1v) is 11.5. The third-order valence-electron chi connectivity index (χ3n) is 5.24. The van der Waals surface area contributed by atoms with Crippen molar-refractivity contribution in [1.29, 1.82) is 0 Å². The van der Waals surface area contributed by atoms with Gasteiger partial charge in [-0.2, -0.15) is 0 Å². The molecule has 5 nitrogen and oxygen atoms in total. The largest absolute Gasteiger partial charge is 0.481 e. The van der Waals surface area contributed by atoms with E-state index in [1.54, 1.807) is 11.3 Å². The number of anilines is 2. The van der Waals surface area contributed by atoms with Crippen molar-refractivity contribution in [3.63, 3.8) is 0 Å². The fourth-order valence-electron chi connectivity index (χ4n) is 3.71. The van der Waals surface area contributed by atoms with Crippen LogP contribution in [-0.4, -0.2) is 28.6 Å². The molecule has 1 aromatic carbocycles. The number of aliphatic carboxylic acids is 1. The highest BCUT2D eigenvalue weighted by Gasteiger charge is 2.21. The van der Waals surface area contributed by atoms with Crippen molar-refractivity contribution in [2.24, 2.45) is 5.92 Å². The summed E-state index contributed by atoms with van der Waals surface area (Å²) < 4.78 is 0. The van der Waals surface area contributed by atoms with Crippen LogP contribution in [0.2, 0.25) is 0 Å². The van der Waals surface area contributed by atoms with E-state index in [4.69, 9.17) is 0 Å². The molecule has 6 heteroatoms. The van der Waals surface area contributed by atoms with Gasteiger partial charge in [0.25, 0.3) is 0 Å². The monoisotopic (exact) mass is 417 g/mol. The van der Waals surface area contributed by atoms with Crippen molar-refractivity contribution in [3.8, 4) is 0 Å². The minimum atomic E-state index is -0.766. The van der Waals surface area contributed by atoms with E-state index < -0.39 is 5.97 Å². The molecule has 0 aliphatic carbocycles. The van der Waals surface area contributed by atoms with Gasteiger partial charge in [0, 0.05) is 24.2 Å². The molecule has 0 bridgehead atoms. The van der Waals surface area contributed by atoms with Gasteiger partial charge in [0.1, 0.15) is 5.01 Å². The predicted molar refractivity (Wildman–Crippen MR) is 123 cm³/mol. The molecule has 0 amide bonds. The second-order valence-corrected chi connectivity index (χ2v) is 9.05. The number of carboxylic acid groups (broad SMARTS) is 1. The van der Waals surface area contributed by atoms with E-state index >= 15 is 0 Å². The minimum absolute atomic E-state index is 0.0336. The third kappa shape index (κ3) is 6.74. The fraction of sp³-hybridized carbons (Fsp3) is 0.565. The molecule has 0 aliphatic rings. The Morgan fingerprint density at radius 2 is 1.97 bits per heavy atom. The molecule has 0 fully saturated rings. The van der Waals surface area contributed by atoms with Gasteiger partial charge in [-0.05, 0) is 42.4 Å². The van der Waals surface area contributed by atoms with Crippen molar-refractivity contribution < 1.29 is 9.90 Å². The Labute approximate surface area is 179 Å². The Morgan fingerprint density at radius 3 is 2.52 bits per heavy atom. The van der Waals surface area contributed by atoms with Crippen LogP contribution in [0.3, 0.4) is 0 Å². The summed E-state index contributed by atoms with van der Waals surface area (Å²) in [7, 11) is 0. The Morgan fingerprint density at radius 1 is 1.24 bits per heavy atom. The van der Waals surface area contributed by atoms with Gasteiger partial charge in [-0.15, -0.1) is 11.3 Å². The molecule has 160 valence electrons. The lowest BCUT2D eigenvalue weighted by Crippen LogP contribution is -2.37. The van der Waals surface area contributed by atoms with E-state index in [-0.39, 0.29) is 12.3 Å². The molecular formula is C23H35N3O2S. The maximum absolute atomic E-state index is 11.2. The minimum Gasteiger partial charge on any atom is -0.481 e. The first kappa shape index (κ1) is 23.2. The Balaban J connectivity index is 2.41. The lowest BCUT2D eigenvalue weighted by Gasteiger charge is -2.36. The molecule has 0 spiro atoms. The topological polar surface area (TPSA) is 65.5 Å². The summed E-state index contributed by atoms with van der Waals surface area (Å²) >= 11 is 1.64. The summed E-state index contributed by atoms with van der Waals surface area (Å²) in [5.74, 6) is -0.251. The summed E-state index contributed by atoms with van der Waals surface area (Å²) in [4.78, 5) is 18.1. The molecule has 2 aromatic rings. The van der Waals surface area contributed by atoms with Crippen LogP contribution in [0.15, 0.2) is 29.8 Å². The molecule has 0 saturated heterocycles. The molecule has 1 aromatic heterocycles. The van der Waals surface area contributed by atoms with Crippen LogP contribution in [-0.2, 0) is 11.3 Å². The van der Waals surface area contributed by atoms with Crippen molar-refractivity contribution in [1.82, 2.24) is 4.98 Å². The number of hydrogen-bond donors (Lipinski definition) is 2. The van der Waals surface area contributed by atoms with Gasteiger partial charge in [0.2, 0.25) is 0 Å². The number of aromatic nitrogens is 1. The number of thiazole rings is 1. The van der Waals surface area contributed by atoms with Gasteiger partial charge in [-0.25, -0.2) is 4.98 Å². The lowest BCUT2D eigenvalue weighted by molar-refractivity contribution is -0.137. The van der Waals surface area contributed by atoms with Crippen LogP contribution in [0.1, 0.15) is 70.4 Å². The first-order chi connectivity index (χ1) is 13.8. The summed E-state index contributed by atoms with van der Waals surface area (Å²) in [5, 5.41) is 15.8. The number of carbonyl (C=O) groups is 1. The zero-order valence-electron chi connectivity index (χ0n) is 18.3. The van der Waals surface area contributed by atoms with E-state index in [1.807, 2.05) is 18.5 Å². The number of carboxylic acids is 1. The normalized spacial score (nSPS) is 12.4. The van der Waals surface area contributed by atoms with Crippen LogP contribution in [0.5, 0.6) is 0 Å². The van der Waals surface area contributed by atoms with Crippen LogP contribution < -0.4 is 10.2 Å². The molecule has 1 atom stereocenters. The maximum Gasteiger partial charge on any atom is 0.303 e. The zero-order valence-corrected chi connectivity index (χ0v) is 19.1. The molecule has 1 unspecified atom stereocenters. The van der Waals surface area contributed by atoms with Crippen LogP contribution in [0, 0.1) is 5.92 Å². The second-order valence-electron chi connectivity index (χ2n) is 8.07. The number of hydrogen-bond acceptors (Lipinski definition) is 5. The average Bonchev–Trinajstić information content (AvgIpc) is 3.19. The summed E-state index contributed by atoms with van der Waals surface area (Å²) in [6, 6.07) is 6.86. The molecule has 0 radical (unpaired) electrons.